The number of hydrogen-bond acceptors (Lipinski definition) is 0. The Kier molecular flexibility index (Phi) is 4.32. The zero-order valence-electron chi connectivity index (χ0n) is 4.08. The second-order valence-electron chi connectivity index (χ2n) is 1.34. The fourth-order valence-electron chi connectivity index (χ4n) is 0.193. The second kappa shape index (κ2) is 4.18. The van der Waals surface area contributed by atoms with Gasteiger partial charge in [0.2, 0.25) is 0 Å². The van der Waals surface area contributed by atoms with Gasteiger partial charge in [-0.15, -0.1) is 0 Å². The molecule has 2 unspecified atom stereocenters. The van der Waals surface area contributed by atoms with Gasteiger partial charge in [0.1, 0.15) is 12.8 Å². The van der Waals surface area contributed by atoms with Crippen molar-refractivity contribution in [2.45, 2.75) is 12.3 Å². The predicted octanol–water partition coefficient (Wildman–Crippen LogP) is 2.03. The molecule has 4 heteroatoms. The summed E-state index contributed by atoms with van der Waals surface area (Å²) in [5.74, 6) is 0. The molecule has 0 saturated heterocycles. The first kappa shape index (κ1) is 8.27. The maximum Gasteiger partial charge on any atom is 0.160 e. The lowest BCUT2D eigenvalue weighted by atomic mass is 10.3. The van der Waals surface area contributed by atoms with Gasteiger partial charge in [0.25, 0.3) is 0 Å². The van der Waals surface area contributed by atoms with Crippen LogP contribution in [0.4, 0.5) is 13.2 Å². The Hall–Kier alpha value is 0.270. The first-order valence-corrected chi connectivity index (χ1v) is 3.24. The van der Waals surface area contributed by atoms with Crippen molar-refractivity contribution < 1.29 is 13.2 Å². The van der Waals surface area contributed by atoms with Crippen LogP contribution in [0.25, 0.3) is 0 Å². The molecule has 0 aliphatic rings. The summed E-state index contributed by atoms with van der Waals surface area (Å²) < 4.78 is 34.8. The SMILES string of the molecule is FCC(F)C(F)CBr. The highest BCUT2D eigenvalue weighted by atomic mass is 79.9. The van der Waals surface area contributed by atoms with Crippen LogP contribution in [-0.4, -0.2) is 24.3 Å². The van der Waals surface area contributed by atoms with Gasteiger partial charge in [-0.1, -0.05) is 15.9 Å². The van der Waals surface area contributed by atoms with Gasteiger partial charge in [0.05, 0.1) is 0 Å². The molecular weight excluding hydrogens is 185 g/mol. The largest absolute Gasteiger partial charge is 0.248 e. The first-order chi connectivity index (χ1) is 3.72. The predicted molar refractivity (Wildman–Crippen MR) is 29.6 cm³/mol. The van der Waals surface area contributed by atoms with Crippen molar-refractivity contribution in [3.05, 3.63) is 0 Å². The van der Waals surface area contributed by atoms with Crippen LogP contribution in [0.1, 0.15) is 0 Å². The lowest BCUT2D eigenvalue weighted by molar-refractivity contribution is 0.154. The molecule has 50 valence electrons. The molecule has 2 atom stereocenters. The molecule has 0 fully saturated rings. The van der Waals surface area contributed by atoms with E-state index >= 15 is 0 Å². The average molecular weight is 191 g/mol. The highest BCUT2D eigenvalue weighted by molar-refractivity contribution is 9.09. The third-order valence-corrected chi connectivity index (χ3v) is 1.31. The lowest BCUT2D eigenvalue weighted by Gasteiger charge is -2.04. The van der Waals surface area contributed by atoms with Crippen LogP contribution in [0, 0.1) is 0 Å². The second-order valence-corrected chi connectivity index (χ2v) is 1.99. The number of halogens is 4. The highest BCUT2D eigenvalue weighted by Crippen LogP contribution is 2.06. The van der Waals surface area contributed by atoms with Crippen molar-refractivity contribution in [1.82, 2.24) is 0 Å². The van der Waals surface area contributed by atoms with Gasteiger partial charge in [-0.3, -0.25) is 0 Å². The molecule has 0 spiro atoms. The van der Waals surface area contributed by atoms with E-state index in [0.717, 1.165) is 0 Å². The van der Waals surface area contributed by atoms with Crippen LogP contribution in [-0.2, 0) is 0 Å². The minimum atomic E-state index is -1.96. The van der Waals surface area contributed by atoms with Crippen LogP contribution in [0.5, 0.6) is 0 Å². The fourth-order valence-corrected chi connectivity index (χ4v) is 0.599. The third kappa shape index (κ3) is 2.55. The molecule has 0 aliphatic heterocycles. The van der Waals surface area contributed by atoms with Crippen LogP contribution < -0.4 is 0 Å². The number of alkyl halides is 4. The summed E-state index contributed by atoms with van der Waals surface area (Å²) in [6, 6.07) is 0. The zero-order valence-corrected chi connectivity index (χ0v) is 5.67. The van der Waals surface area contributed by atoms with E-state index in [1.807, 2.05) is 0 Å². The minimum absolute atomic E-state index is 0.141. The molecule has 0 aromatic carbocycles. The normalized spacial score (nSPS) is 18.0. The molecule has 0 bridgehead atoms. The molecule has 0 amide bonds. The Labute approximate surface area is 54.2 Å². The summed E-state index contributed by atoms with van der Waals surface area (Å²) in [5.41, 5.74) is 0. The maximum absolute atomic E-state index is 11.9. The number of hydrogen-bond donors (Lipinski definition) is 0. The highest BCUT2D eigenvalue weighted by Gasteiger charge is 2.17. The van der Waals surface area contributed by atoms with Gasteiger partial charge in [0, 0.05) is 5.33 Å². The van der Waals surface area contributed by atoms with E-state index in [0.29, 0.717) is 0 Å². The monoisotopic (exact) mass is 190 g/mol. The van der Waals surface area contributed by atoms with E-state index in [4.69, 9.17) is 0 Å². The first-order valence-electron chi connectivity index (χ1n) is 2.12. The Morgan fingerprint density at radius 1 is 1.25 bits per heavy atom. The van der Waals surface area contributed by atoms with Crippen molar-refractivity contribution in [2.75, 3.05) is 12.0 Å². The van der Waals surface area contributed by atoms with Gasteiger partial charge in [-0.2, -0.15) is 0 Å². The van der Waals surface area contributed by atoms with E-state index in [-0.39, 0.29) is 5.33 Å². The molecule has 0 saturated carbocycles. The molecule has 0 nitrogen and oxygen atoms in total. The van der Waals surface area contributed by atoms with E-state index in [1.165, 1.54) is 0 Å². The minimum Gasteiger partial charge on any atom is -0.248 e. The van der Waals surface area contributed by atoms with Crippen molar-refractivity contribution in [3.8, 4) is 0 Å². The summed E-state index contributed by atoms with van der Waals surface area (Å²) in [6.45, 7) is -1.24. The van der Waals surface area contributed by atoms with Gasteiger partial charge < -0.3 is 0 Å². The Morgan fingerprint density at radius 3 is 1.88 bits per heavy atom. The Balaban J connectivity index is 3.29. The molecule has 0 radical (unpaired) electrons. The summed E-state index contributed by atoms with van der Waals surface area (Å²) in [5, 5.41) is -0.141. The van der Waals surface area contributed by atoms with E-state index in [2.05, 4.69) is 15.9 Å². The molecule has 0 aliphatic carbocycles. The fraction of sp³-hybridized carbons (Fsp3) is 1.00. The van der Waals surface area contributed by atoms with E-state index in [1.54, 1.807) is 0 Å². The summed E-state index contributed by atoms with van der Waals surface area (Å²) in [7, 11) is 0. The van der Waals surface area contributed by atoms with Crippen LogP contribution in [0.2, 0.25) is 0 Å². The van der Waals surface area contributed by atoms with Crippen molar-refractivity contribution >= 4 is 15.9 Å². The van der Waals surface area contributed by atoms with Crippen LogP contribution >= 0.6 is 15.9 Å². The molecule has 8 heavy (non-hydrogen) atoms. The van der Waals surface area contributed by atoms with Crippen molar-refractivity contribution in [3.63, 3.8) is 0 Å². The molecule has 0 N–H and O–H groups in total. The topological polar surface area (TPSA) is 0 Å². The lowest BCUT2D eigenvalue weighted by Crippen LogP contribution is -2.20. The maximum atomic E-state index is 11.9. The van der Waals surface area contributed by atoms with Crippen LogP contribution in [0.3, 0.4) is 0 Å². The van der Waals surface area contributed by atoms with Gasteiger partial charge in [-0.25, -0.2) is 13.2 Å². The average Bonchev–Trinajstić information content (AvgIpc) is 1.84. The molecular formula is C4H6BrF3. The van der Waals surface area contributed by atoms with E-state index < -0.39 is 19.0 Å². The Bertz CT molecular complexity index is 51.2. The number of rotatable bonds is 3. The van der Waals surface area contributed by atoms with Gasteiger partial charge in [-0.05, 0) is 0 Å². The summed E-state index contributed by atoms with van der Waals surface area (Å²) in [4.78, 5) is 0. The van der Waals surface area contributed by atoms with Gasteiger partial charge in [0.15, 0.2) is 6.17 Å². The molecule has 0 aromatic rings. The smallest absolute Gasteiger partial charge is 0.160 e. The zero-order chi connectivity index (χ0) is 6.57. The molecule has 0 rings (SSSR count). The third-order valence-electron chi connectivity index (χ3n) is 0.687. The summed E-state index contributed by atoms with van der Waals surface area (Å²) >= 11 is 2.67. The molecule has 0 heterocycles. The van der Waals surface area contributed by atoms with E-state index in [9.17, 15) is 13.2 Å². The quantitative estimate of drug-likeness (QED) is 0.598. The molecule has 0 aromatic heterocycles. The standard InChI is InChI=1S/C4H6BrF3/c5-1-3(7)4(8)2-6/h3-4H,1-2H2. The summed E-state index contributed by atoms with van der Waals surface area (Å²) in [6.07, 6.45) is -3.67. The van der Waals surface area contributed by atoms with Crippen LogP contribution in [0.15, 0.2) is 0 Å². The van der Waals surface area contributed by atoms with Crippen molar-refractivity contribution in [1.29, 1.82) is 0 Å². The Morgan fingerprint density at radius 2 is 1.75 bits per heavy atom. The van der Waals surface area contributed by atoms with Crippen molar-refractivity contribution in [2.24, 2.45) is 0 Å². The van der Waals surface area contributed by atoms with Gasteiger partial charge >= 0.3 is 0 Å².